The lowest BCUT2D eigenvalue weighted by molar-refractivity contribution is 0.161. The fourth-order valence-corrected chi connectivity index (χ4v) is 4.81. The maximum Gasteiger partial charge on any atom is 0.178 e. The summed E-state index contributed by atoms with van der Waals surface area (Å²) in [5.74, 6) is 0.927. The van der Waals surface area contributed by atoms with Crippen LogP contribution in [0.25, 0.3) is 16.8 Å². The number of benzene rings is 4. The van der Waals surface area contributed by atoms with Gasteiger partial charge in [-0.05, 0) is 59.5 Å². The van der Waals surface area contributed by atoms with E-state index in [1.54, 1.807) is 0 Å². The monoisotopic (exact) mass is 389 g/mol. The molecule has 0 saturated heterocycles. The maximum atomic E-state index is 6.88. The second kappa shape index (κ2) is 6.77. The number of fused-ring (bicyclic) bond motifs is 4. The normalized spacial score (nSPS) is 19.5. The summed E-state index contributed by atoms with van der Waals surface area (Å²) in [4.78, 5) is 0. The molecule has 1 atom stereocenters. The lowest BCUT2D eigenvalue weighted by atomic mass is 9.82. The minimum atomic E-state index is -0.636. The molecule has 0 bridgehead atoms. The van der Waals surface area contributed by atoms with Crippen molar-refractivity contribution >= 4 is 22.5 Å². The number of anilines is 1. The number of hydrogen-bond donors (Lipinski definition) is 1. The fraction of sp³-hybridized carbons (Fsp3) is 0.143. The van der Waals surface area contributed by atoms with Gasteiger partial charge < -0.3 is 10.1 Å². The average Bonchev–Trinajstić information content (AvgIpc) is 2.83. The maximum absolute atomic E-state index is 6.88. The molecular formula is C28H23NO. The molecular weight excluding hydrogens is 366 g/mol. The summed E-state index contributed by atoms with van der Waals surface area (Å²) >= 11 is 0. The molecule has 2 heterocycles. The first-order valence-corrected chi connectivity index (χ1v) is 10.7. The van der Waals surface area contributed by atoms with Crippen LogP contribution in [-0.4, -0.2) is 6.54 Å². The van der Waals surface area contributed by atoms with Crippen LogP contribution in [0.2, 0.25) is 0 Å². The smallest absolute Gasteiger partial charge is 0.178 e. The molecule has 0 aliphatic carbocycles. The van der Waals surface area contributed by atoms with Crippen LogP contribution in [0, 0.1) is 0 Å². The molecule has 6 rings (SSSR count). The van der Waals surface area contributed by atoms with Gasteiger partial charge in [0.25, 0.3) is 0 Å². The van der Waals surface area contributed by atoms with Crippen LogP contribution in [0.3, 0.4) is 0 Å². The lowest BCUT2D eigenvalue weighted by Gasteiger charge is -2.37. The highest BCUT2D eigenvalue weighted by Crippen LogP contribution is 2.44. The molecule has 30 heavy (non-hydrogen) atoms. The molecule has 0 amide bonds. The number of nitrogens with one attached hydrogen (secondary N) is 1. The van der Waals surface area contributed by atoms with E-state index in [2.05, 4.69) is 102 Å². The standard InChI is InChI=1S/C28H23NO/c1-2-9-22(10-3-1)28(23-13-14-26-21(19-23)8-6-18-29-26)17-16-25-24-11-5-4-7-20(24)12-15-27(25)30-28/h1-5,7,9-17,19,29H,6,8,18H2. The number of aryl methyl sites for hydroxylation is 1. The Bertz CT molecular complexity index is 1270. The Kier molecular flexibility index (Phi) is 3.92. The van der Waals surface area contributed by atoms with Gasteiger partial charge in [-0.25, -0.2) is 0 Å². The highest BCUT2D eigenvalue weighted by Gasteiger charge is 2.37. The minimum absolute atomic E-state index is 0.636. The van der Waals surface area contributed by atoms with Crippen LogP contribution in [-0.2, 0) is 12.0 Å². The highest BCUT2D eigenvalue weighted by molar-refractivity contribution is 5.94. The van der Waals surface area contributed by atoms with Gasteiger partial charge in [-0.1, -0.05) is 66.7 Å². The van der Waals surface area contributed by atoms with Gasteiger partial charge in [-0.2, -0.15) is 0 Å². The van der Waals surface area contributed by atoms with Crippen LogP contribution in [0.5, 0.6) is 5.75 Å². The largest absolute Gasteiger partial charge is 0.473 e. The molecule has 2 heteroatoms. The van der Waals surface area contributed by atoms with Gasteiger partial charge in [-0.3, -0.25) is 0 Å². The predicted molar refractivity (Wildman–Crippen MR) is 124 cm³/mol. The molecule has 0 spiro atoms. The zero-order valence-corrected chi connectivity index (χ0v) is 16.8. The predicted octanol–water partition coefficient (Wildman–Crippen LogP) is 6.55. The number of rotatable bonds is 2. The van der Waals surface area contributed by atoms with Crippen molar-refractivity contribution < 1.29 is 4.74 Å². The highest BCUT2D eigenvalue weighted by atomic mass is 16.5. The third-order valence-corrected chi connectivity index (χ3v) is 6.36. The summed E-state index contributed by atoms with van der Waals surface area (Å²) in [5, 5.41) is 5.98. The number of hydrogen-bond acceptors (Lipinski definition) is 2. The molecule has 2 aliphatic rings. The molecule has 0 aromatic heterocycles. The third kappa shape index (κ3) is 2.64. The number of ether oxygens (including phenoxy) is 1. The molecule has 4 aromatic carbocycles. The topological polar surface area (TPSA) is 21.3 Å². The van der Waals surface area contributed by atoms with Crippen molar-refractivity contribution in [2.45, 2.75) is 18.4 Å². The summed E-state index contributed by atoms with van der Waals surface area (Å²) in [7, 11) is 0. The van der Waals surface area contributed by atoms with E-state index in [-0.39, 0.29) is 0 Å². The summed E-state index contributed by atoms with van der Waals surface area (Å²) < 4.78 is 6.88. The Labute approximate surface area is 176 Å². The van der Waals surface area contributed by atoms with E-state index in [0.29, 0.717) is 0 Å². The first kappa shape index (κ1) is 17.3. The quantitative estimate of drug-likeness (QED) is 0.420. The van der Waals surface area contributed by atoms with E-state index < -0.39 is 5.60 Å². The Morgan fingerprint density at radius 2 is 1.67 bits per heavy atom. The Morgan fingerprint density at radius 3 is 2.60 bits per heavy atom. The van der Waals surface area contributed by atoms with Crippen molar-refractivity contribution in [2.24, 2.45) is 0 Å². The van der Waals surface area contributed by atoms with E-state index >= 15 is 0 Å². The van der Waals surface area contributed by atoms with E-state index in [9.17, 15) is 0 Å². The van der Waals surface area contributed by atoms with E-state index in [4.69, 9.17) is 4.74 Å². The first-order chi connectivity index (χ1) is 14.8. The molecule has 0 fully saturated rings. The molecule has 4 aromatic rings. The van der Waals surface area contributed by atoms with Crippen molar-refractivity contribution in [3.05, 3.63) is 113 Å². The third-order valence-electron chi connectivity index (χ3n) is 6.36. The summed E-state index contributed by atoms with van der Waals surface area (Å²) in [6, 6.07) is 30.1. The van der Waals surface area contributed by atoms with Gasteiger partial charge in [0.1, 0.15) is 5.75 Å². The van der Waals surface area contributed by atoms with Crippen molar-refractivity contribution in [1.29, 1.82) is 0 Å². The van der Waals surface area contributed by atoms with E-state index in [1.807, 2.05) is 0 Å². The Morgan fingerprint density at radius 1 is 0.800 bits per heavy atom. The van der Waals surface area contributed by atoms with Crippen LogP contribution in [0.1, 0.15) is 28.7 Å². The van der Waals surface area contributed by atoms with Crippen LogP contribution in [0.4, 0.5) is 5.69 Å². The molecule has 0 saturated carbocycles. The van der Waals surface area contributed by atoms with E-state index in [0.717, 1.165) is 29.8 Å². The van der Waals surface area contributed by atoms with Crippen molar-refractivity contribution in [3.63, 3.8) is 0 Å². The molecule has 1 unspecified atom stereocenters. The van der Waals surface area contributed by atoms with Gasteiger partial charge in [0, 0.05) is 28.9 Å². The second-order valence-corrected chi connectivity index (χ2v) is 8.14. The van der Waals surface area contributed by atoms with Crippen LogP contribution < -0.4 is 10.1 Å². The van der Waals surface area contributed by atoms with Crippen molar-refractivity contribution in [3.8, 4) is 5.75 Å². The zero-order valence-electron chi connectivity index (χ0n) is 16.8. The first-order valence-electron chi connectivity index (χ1n) is 10.7. The second-order valence-electron chi connectivity index (χ2n) is 8.14. The van der Waals surface area contributed by atoms with Gasteiger partial charge in [0.15, 0.2) is 5.60 Å². The van der Waals surface area contributed by atoms with Crippen LogP contribution in [0.15, 0.2) is 91.0 Å². The van der Waals surface area contributed by atoms with Gasteiger partial charge in [-0.15, -0.1) is 0 Å². The van der Waals surface area contributed by atoms with Crippen molar-refractivity contribution in [1.82, 2.24) is 0 Å². The van der Waals surface area contributed by atoms with Crippen LogP contribution >= 0.6 is 0 Å². The average molecular weight is 389 g/mol. The summed E-state index contributed by atoms with van der Waals surface area (Å²) in [5.41, 5.74) is 5.45. The summed E-state index contributed by atoms with van der Waals surface area (Å²) in [6.45, 7) is 1.05. The molecule has 1 N–H and O–H groups in total. The van der Waals surface area contributed by atoms with Gasteiger partial charge in [0.2, 0.25) is 0 Å². The Hall–Kier alpha value is -3.52. The molecule has 146 valence electrons. The van der Waals surface area contributed by atoms with Gasteiger partial charge in [0.05, 0.1) is 0 Å². The SMILES string of the molecule is C1=CC(c2ccccc2)(c2ccc3c(c2)CCCN3)Oc2ccc3ccccc3c21. The fourth-order valence-electron chi connectivity index (χ4n) is 4.81. The molecule has 0 radical (unpaired) electrons. The lowest BCUT2D eigenvalue weighted by Crippen LogP contribution is -2.34. The van der Waals surface area contributed by atoms with E-state index in [1.165, 1.54) is 34.0 Å². The summed E-state index contributed by atoms with van der Waals surface area (Å²) in [6.07, 6.45) is 6.74. The Balaban J connectivity index is 1.56. The van der Waals surface area contributed by atoms with Gasteiger partial charge >= 0.3 is 0 Å². The van der Waals surface area contributed by atoms with Crippen molar-refractivity contribution in [2.75, 3.05) is 11.9 Å². The zero-order chi connectivity index (χ0) is 20.0. The molecule has 2 nitrogen and oxygen atoms in total. The minimum Gasteiger partial charge on any atom is -0.473 e. The molecule has 2 aliphatic heterocycles.